The van der Waals surface area contributed by atoms with Crippen molar-refractivity contribution in [3.8, 4) is 0 Å². The fraction of sp³-hybridized carbons (Fsp3) is 0.364. The Morgan fingerprint density at radius 2 is 1.57 bits per heavy atom. The third kappa shape index (κ3) is 6.45. The van der Waals surface area contributed by atoms with Crippen LogP contribution >= 0.6 is 11.6 Å². The lowest BCUT2D eigenvalue weighted by Gasteiger charge is -2.28. The van der Waals surface area contributed by atoms with Gasteiger partial charge in [0.15, 0.2) is 0 Å². The molecule has 1 fully saturated rings. The number of hydrogen-bond acceptors (Lipinski definition) is 5. The highest BCUT2D eigenvalue weighted by Gasteiger charge is 2.13. The molecule has 2 aromatic rings. The summed E-state index contributed by atoms with van der Waals surface area (Å²) in [4.78, 5) is 28.4. The molecule has 0 aromatic heterocycles. The first-order valence-corrected chi connectivity index (χ1v) is 10.3. The van der Waals surface area contributed by atoms with Gasteiger partial charge in [-0.05, 0) is 55.9 Å². The molecule has 0 radical (unpaired) electrons. The van der Waals surface area contributed by atoms with Crippen LogP contribution in [0.5, 0.6) is 0 Å². The van der Waals surface area contributed by atoms with Gasteiger partial charge in [-0.2, -0.15) is 0 Å². The molecule has 1 aliphatic rings. The van der Waals surface area contributed by atoms with Crippen molar-refractivity contribution in [1.29, 1.82) is 0 Å². The van der Waals surface area contributed by atoms with E-state index in [0.717, 1.165) is 43.2 Å². The standard InChI is InChI=1S/C22H27ClN4O3/c1-16-3-4-18(13-20(16)23)25-22(29)15-26(2)14-21(28)24-17-5-7-19(8-6-17)27-9-11-30-12-10-27/h3-8,13H,9-12,14-15H2,1-2H3,(H,24,28)(H,25,29). The number of rotatable bonds is 7. The number of morpholine rings is 1. The molecule has 160 valence electrons. The zero-order valence-corrected chi connectivity index (χ0v) is 18.0. The molecule has 1 saturated heterocycles. The number of benzene rings is 2. The minimum Gasteiger partial charge on any atom is -0.378 e. The van der Waals surface area contributed by atoms with Crippen molar-refractivity contribution in [3.05, 3.63) is 53.1 Å². The van der Waals surface area contributed by atoms with Crippen molar-refractivity contribution in [1.82, 2.24) is 4.90 Å². The van der Waals surface area contributed by atoms with E-state index in [2.05, 4.69) is 15.5 Å². The number of anilines is 3. The lowest BCUT2D eigenvalue weighted by atomic mass is 10.2. The largest absolute Gasteiger partial charge is 0.378 e. The quantitative estimate of drug-likeness (QED) is 0.706. The first kappa shape index (κ1) is 22.1. The van der Waals surface area contributed by atoms with Crippen LogP contribution in [0.4, 0.5) is 17.1 Å². The van der Waals surface area contributed by atoms with Crippen LogP contribution in [0.1, 0.15) is 5.56 Å². The summed E-state index contributed by atoms with van der Waals surface area (Å²) in [5, 5.41) is 6.25. The Labute approximate surface area is 181 Å². The van der Waals surface area contributed by atoms with Gasteiger partial charge in [-0.3, -0.25) is 14.5 Å². The van der Waals surface area contributed by atoms with E-state index in [-0.39, 0.29) is 24.9 Å². The van der Waals surface area contributed by atoms with E-state index in [9.17, 15) is 9.59 Å². The average Bonchev–Trinajstić information content (AvgIpc) is 2.71. The number of halogens is 1. The van der Waals surface area contributed by atoms with Crippen molar-refractivity contribution < 1.29 is 14.3 Å². The molecule has 0 atom stereocenters. The lowest BCUT2D eigenvalue weighted by molar-refractivity contribution is -0.119. The van der Waals surface area contributed by atoms with Crippen LogP contribution in [0.2, 0.25) is 5.02 Å². The number of nitrogens with zero attached hydrogens (tertiary/aromatic N) is 2. The van der Waals surface area contributed by atoms with Gasteiger partial charge in [-0.15, -0.1) is 0 Å². The third-order valence-corrected chi connectivity index (χ3v) is 5.22. The first-order valence-electron chi connectivity index (χ1n) is 9.88. The van der Waals surface area contributed by atoms with Crippen LogP contribution in [0.3, 0.4) is 0 Å². The van der Waals surface area contributed by atoms with Crippen LogP contribution in [0.25, 0.3) is 0 Å². The maximum Gasteiger partial charge on any atom is 0.238 e. The average molecular weight is 431 g/mol. The predicted molar refractivity (Wildman–Crippen MR) is 120 cm³/mol. The van der Waals surface area contributed by atoms with Gasteiger partial charge in [0.25, 0.3) is 0 Å². The number of hydrogen-bond donors (Lipinski definition) is 2. The minimum atomic E-state index is -0.208. The SMILES string of the molecule is Cc1ccc(NC(=O)CN(C)CC(=O)Nc2ccc(N3CCOCC3)cc2)cc1Cl. The fourth-order valence-electron chi connectivity index (χ4n) is 3.19. The number of nitrogens with one attached hydrogen (secondary N) is 2. The van der Waals surface area contributed by atoms with Crippen LogP contribution < -0.4 is 15.5 Å². The first-order chi connectivity index (χ1) is 14.4. The summed E-state index contributed by atoms with van der Waals surface area (Å²) in [6.07, 6.45) is 0. The summed E-state index contributed by atoms with van der Waals surface area (Å²) in [5.74, 6) is -0.386. The summed E-state index contributed by atoms with van der Waals surface area (Å²) in [6.45, 7) is 5.30. The van der Waals surface area contributed by atoms with Crippen molar-refractivity contribution in [2.45, 2.75) is 6.92 Å². The van der Waals surface area contributed by atoms with Gasteiger partial charge < -0.3 is 20.3 Å². The predicted octanol–water partition coefficient (Wildman–Crippen LogP) is 2.99. The Bertz CT molecular complexity index is 882. The molecule has 2 aromatic carbocycles. The highest BCUT2D eigenvalue weighted by atomic mass is 35.5. The Balaban J connectivity index is 1.44. The van der Waals surface area contributed by atoms with E-state index < -0.39 is 0 Å². The van der Waals surface area contributed by atoms with Gasteiger partial charge in [0.1, 0.15) is 0 Å². The molecular formula is C22H27ClN4O3. The smallest absolute Gasteiger partial charge is 0.238 e. The zero-order valence-electron chi connectivity index (χ0n) is 17.3. The molecular weight excluding hydrogens is 404 g/mol. The van der Waals surface area contributed by atoms with Crippen molar-refractivity contribution in [3.63, 3.8) is 0 Å². The second kappa shape index (κ2) is 10.4. The molecule has 1 aliphatic heterocycles. The van der Waals surface area contributed by atoms with E-state index in [1.54, 1.807) is 24.1 Å². The van der Waals surface area contributed by atoms with E-state index in [1.165, 1.54) is 0 Å². The Morgan fingerprint density at radius 1 is 1.00 bits per heavy atom. The molecule has 0 unspecified atom stereocenters. The van der Waals surface area contributed by atoms with E-state index in [4.69, 9.17) is 16.3 Å². The number of ether oxygens (including phenoxy) is 1. The molecule has 8 heteroatoms. The van der Waals surface area contributed by atoms with Gasteiger partial charge in [-0.25, -0.2) is 0 Å². The zero-order chi connectivity index (χ0) is 21.5. The summed E-state index contributed by atoms with van der Waals surface area (Å²) in [6, 6.07) is 13.1. The highest BCUT2D eigenvalue weighted by molar-refractivity contribution is 6.31. The number of likely N-dealkylation sites (N-methyl/N-ethyl adjacent to an activating group) is 1. The van der Waals surface area contributed by atoms with Crippen molar-refractivity contribution in [2.75, 3.05) is 62.0 Å². The van der Waals surface area contributed by atoms with E-state index >= 15 is 0 Å². The maximum absolute atomic E-state index is 12.3. The number of aryl methyl sites for hydroxylation is 1. The lowest BCUT2D eigenvalue weighted by Crippen LogP contribution is -2.36. The van der Waals surface area contributed by atoms with Crippen LogP contribution in [-0.4, -0.2) is 63.2 Å². The topological polar surface area (TPSA) is 73.9 Å². The summed E-state index contributed by atoms with van der Waals surface area (Å²) < 4.78 is 5.37. The van der Waals surface area contributed by atoms with E-state index in [0.29, 0.717) is 10.7 Å². The van der Waals surface area contributed by atoms with E-state index in [1.807, 2.05) is 37.3 Å². The molecule has 0 saturated carbocycles. The molecule has 3 rings (SSSR count). The molecule has 0 spiro atoms. The summed E-state index contributed by atoms with van der Waals surface area (Å²) in [5.41, 5.74) is 3.42. The van der Waals surface area contributed by atoms with Crippen LogP contribution in [-0.2, 0) is 14.3 Å². The fourth-order valence-corrected chi connectivity index (χ4v) is 3.38. The van der Waals surface area contributed by atoms with Crippen molar-refractivity contribution >= 4 is 40.5 Å². The molecule has 30 heavy (non-hydrogen) atoms. The Morgan fingerprint density at radius 3 is 2.17 bits per heavy atom. The molecule has 2 amide bonds. The number of carbonyl (C=O) groups is 2. The Hall–Kier alpha value is -2.61. The molecule has 1 heterocycles. The normalized spacial score (nSPS) is 13.9. The maximum atomic E-state index is 12.3. The molecule has 0 bridgehead atoms. The highest BCUT2D eigenvalue weighted by Crippen LogP contribution is 2.20. The monoisotopic (exact) mass is 430 g/mol. The van der Waals surface area contributed by atoms with Crippen molar-refractivity contribution in [2.24, 2.45) is 0 Å². The number of amides is 2. The van der Waals surface area contributed by atoms with Gasteiger partial charge in [0.2, 0.25) is 11.8 Å². The van der Waals surface area contributed by atoms with Gasteiger partial charge in [0, 0.05) is 35.2 Å². The summed E-state index contributed by atoms with van der Waals surface area (Å²) in [7, 11) is 1.73. The number of carbonyl (C=O) groups excluding carboxylic acids is 2. The molecule has 0 aliphatic carbocycles. The van der Waals surface area contributed by atoms with Gasteiger partial charge in [-0.1, -0.05) is 17.7 Å². The Kier molecular flexibility index (Phi) is 7.68. The van der Waals surface area contributed by atoms with Crippen LogP contribution in [0.15, 0.2) is 42.5 Å². The second-order valence-electron chi connectivity index (χ2n) is 7.38. The van der Waals surface area contributed by atoms with Gasteiger partial charge >= 0.3 is 0 Å². The van der Waals surface area contributed by atoms with Gasteiger partial charge in [0.05, 0.1) is 26.3 Å². The third-order valence-electron chi connectivity index (χ3n) is 4.81. The van der Waals surface area contributed by atoms with Crippen LogP contribution in [0, 0.1) is 6.92 Å². The molecule has 7 nitrogen and oxygen atoms in total. The summed E-state index contributed by atoms with van der Waals surface area (Å²) >= 11 is 6.08. The minimum absolute atomic E-state index is 0.0921. The molecule has 2 N–H and O–H groups in total. The second-order valence-corrected chi connectivity index (χ2v) is 7.79.